The van der Waals surface area contributed by atoms with E-state index in [9.17, 15) is 4.79 Å². The van der Waals surface area contributed by atoms with E-state index in [1.807, 2.05) is 35.2 Å². The van der Waals surface area contributed by atoms with E-state index in [0.717, 1.165) is 37.3 Å². The smallest absolute Gasteiger partial charge is 0.258 e. The van der Waals surface area contributed by atoms with Crippen molar-refractivity contribution < 1.29 is 4.79 Å². The molecule has 150 valence electrons. The second-order valence-corrected chi connectivity index (χ2v) is 8.64. The number of fused-ring (bicyclic) bond motifs is 1. The zero-order valence-electron chi connectivity index (χ0n) is 16.6. The first-order chi connectivity index (χ1) is 13.5. The number of amides is 1. The number of anilines is 1. The van der Waals surface area contributed by atoms with Crippen LogP contribution in [0.1, 0.15) is 58.4 Å². The molecule has 3 rings (SSSR count). The molecule has 1 aliphatic heterocycles. The summed E-state index contributed by atoms with van der Waals surface area (Å²) < 4.78 is 0. The van der Waals surface area contributed by atoms with Gasteiger partial charge in [0.1, 0.15) is 4.84 Å². The van der Waals surface area contributed by atoms with Crippen molar-refractivity contribution in [2.75, 3.05) is 31.6 Å². The molecule has 1 atom stereocenters. The lowest BCUT2D eigenvalue weighted by molar-refractivity contribution is 0.0987. The van der Waals surface area contributed by atoms with Gasteiger partial charge in [-0.1, -0.05) is 43.7 Å². The normalized spacial score (nSPS) is 16.1. The molecular formula is C23H28Cl2N2O. The molecule has 1 unspecified atom stereocenters. The molecule has 2 aromatic carbocycles. The SMILES string of the molecule is CCCCN(C)CCC1CN(C(=O)c2cccc(C(Cl)Cl)c2)c2ccccc21. The maximum Gasteiger partial charge on any atom is 0.258 e. The van der Waals surface area contributed by atoms with Crippen molar-refractivity contribution in [3.8, 4) is 0 Å². The summed E-state index contributed by atoms with van der Waals surface area (Å²) in [4.78, 5) is 16.9. The third-order valence-electron chi connectivity index (χ3n) is 5.45. The number of rotatable bonds is 8. The first-order valence-electron chi connectivity index (χ1n) is 9.98. The number of hydrogen-bond donors (Lipinski definition) is 0. The van der Waals surface area contributed by atoms with E-state index >= 15 is 0 Å². The van der Waals surface area contributed by atoms with Crippen LogP contribution in [-0.2, 0) is 0 Å². The number of para-hydroxylation sites is 1. The lowest BCUT2D eigenvalue weighted by atomic mass is 9.98. The summed E-state index contributed by atoms with van der Waals surface area (Å²) in [6, 6.07) is 15.6. The number of alkyl halides is 2. The lowest BCUT2D eigenvalue weighted by Gasteiger charge is -2.20. The zero-order valence-corrected chi connectivity index (χ0v) is 18.1. The first kappa shape index (κ1) is 21.2. The van der Waals surface area contributed by atoms with Crippen LogP contribution in [0.4, 0.5) is 5.69 Å². The Bertz CT molecular complexity index is 809. The van der Waals surface area contributed by atoms with E-state index in [0.29, 0.717) is 11.5 Å². The Labute approximate surface area is 178 Å². The molecule has 2 aromatic rings. The monoisotopic (exact) mass is 418 g/mol. The standard InChI is InChI=1S/C23H28Cl2N2O/c1-3-4-13-26(2)14-12-19-16-27(21-11-6-5-10-20(19)21)23(28)18-9-7-8-17(15-18)22(24)25/h5-11,15,19,22H,3-4,12-14,16H2,1-2H3. The minimum absolute atomic E-state index is 0.00474. The van der Waals surface area contributed by atoms with Crippen LogP contribution in [0.2, 0.25) is 0 Å². The van der Waals surface area contributed by atoms with Crippen LogP contribution in [0.5, 0.6) is 0 Å². The zero-order chi connectivity index (χ0) is 20.1. The summed E-state index contributed by atoms with van der Waals surface area (Å²) in [5.74, 6) is 0.367. The molecular weight excluding hydrogens is 391 g/mol. The Kier molecular flexibility index (Phi) is 7.39. The van der Waals surface area contributed by atoms with Gasteiger partial charge in [-0.25, -0.2) is 0 Å². The van der Waals surface area contributed by atoms with Crippen molar-refractivity contribution in [1.29, 1.82) is 0 Å². The molecule has 0 fully saturated rings. The maximum atomic E-state index is 13.2. The first-order valence-corrected chi connectivity index (χ1v) is 10.9. The molecule has 1 amide bonds. The van der Waals surface area contributed by atoms with Crippen LogP contribution >= 0.6 is 23.2 Å². The highest BCUT2D eigenvalue weighted by atomic mass is 35.5. The Hall–Kier alpha value is -1.55. The summed E-state index contributed by atoms with van der Waals surface area (Å²) in [5.41, 5.74) is 3.66. The summed E-state index contributed by atoms with van der Waals surface area (Å²) in [6.45, 7) is 5.10. The van der Waals surface area contributed by atoms with Gasteiger partial charge in [0.2, 0.25) is 0 Å². The van der Waals surface area contributed by atoms with E-state index in [1.54, 1.807) is 6.07 Å². The molecule has 5 heteroatoms. The molecule has 0 bridgehead atoms. The van der Waals surface area contributed by atoms with Crippen molar-refractivity contribution >= 4 is 34.8 Å². The molecule has 0 saturated carbocycles. The van der Waals surface area contributed by atoms with E-state index in [1.165, 1.54) is 18.4 Å². The van der Waals surface area contributed by atoms with Crippen molar-refractivity contribution in [3.05, 3.63) is 65.2 Å². The number of carbonyl (C=O) groups excluding carboxylic acids is 1. The second-order valence-electron chi connectivity index (χ2n) is 7.54. The summed E-state index contributed by atoms with van der Waals surface area (Å²) >= 11 is 12.0. The van der Waals surface area contributed by atoms with Crippen LogP contribution in [0.25, 0.3) is 0 Å². The van der Waals surface area contributed by atoms with Gasteiger partial charge in [-0.3, -0.25) is 4.79 Å². The minimum atomic E-state index is -0.634. The number of unbranched alkanes of at least 4 members (excludes halogenated alkanes) is 1. The van der Waals surface area contributed by atoms with E-state index in [-0.39, 0.29) is 5.91 Å². The number of nitrogens with zero attached hydrogens (tertiary/aromatic N) is 2. The quantitative estimate of drug-likeness (QED) is 0.488. The largest absolute Gasteiger partial charge is 0.307 e. The van der Waals surface area contributed by atoms with E-state index in [4.69, 9.17) is 23.2 Å². The molecule has 1 aliphatic rings. The van der Waals surface area contributed by atoms with E-state index < -0.39 is 4.84 Å². The van der Waals surface area contributed by atoms with Gasteiger partial charge < -0.3 is 9.80 Å². The predicted molar refractivity (Wildman–Crippen MR) is 119 cm³/mol. The van der Waals surface area contributed by atoms with E-state index in [2.05, 4.69) is 31.0 Å². The molecule has 28 heavy (non-hydrogen) atoms. The Balaban J connectivity index is 1.76. The molecule has 0 spiro atoms. The number of carbonyl (C=O) groups is 1. The van der Waals surface area contributed by atoms with Gasteiger partial charge in [-0.2, -0.15) is 0 Å². The van der Waals surface area contributed by atoms with Crippen LogP contribution in [-0.4, -0.2) is 37.5 Å². The number of hydrogen-bond acceptors (Lipinski definition) is 2. The molecule has 1 heterocycles. The number of halogens is 2. The highest BCUT2D eigenvalue weighted by Crippen LogP contribution is 2.39. The Morgan fingerprint density at radius 2 is 1.96 bits per heavy atom. The fourth-order valence-corrected chi connectivity index (χ4v) is 4.09. The fraction of sp³-hybridized carbons (Fsp3) is 0.435. The van der Waals surface area contributed by atoms with Crippen LogP contribution < -0.4 is 4.90 Å². The minimum Gasteiger partial charge on any atom is -0.307 e. The average Bonchev–Trinajstić information content (AvgIpc) is 3.09. The topological polar surface area (TPSA) is 23.6 Å². The molecule has 0 aromatic heterocycles. The summed E-state index contributed by atoms with van der Waals surface area (Å²) in [6.07, 6.45) is 3.48. The third kappa shape index (κ3) is 4.89. The van der Waals surface area contributed by atoms with Crippen LogP contribution in [0.15, 0.2) is 48.5 Å². The third-order valence-corrected chi connectivity index (χ3v) is 5.96. The number of benzene rings is 2. The molecule has 3 nitrogen and oxygen atoms in total. The van der Waals surface area contributed by atoms with Gasteiger partial charge in [0.15, 0.2) is 0 Å². The Morgan fingerprint density at radius 1 is 1.18 bits per heavy atom. The maximum absolute atomic E-state index is 13.2. The Morgan fingerprint density at radius 3 is 2.71 bits per heavy atom. The van der Waals surface area contributed by atoms with Crippen molar-refractivity contribution in [2.45, 2.75) is 36.9 Å². The van der Waals surface area contributed by atoms with Crippen LogP contribution in [0, 0.1) is 0 Å². The van der Waals surface area contributed by atoms with Crippen molar-refractivity contribution in [3.63, 3.8) is 0 Å². The average molecular weight is 419 g/mol. The molecule has 0 N–H and O–H groups in total. The van der Waals surface area contributed by atoms with Crippen molar-refractivity contribution in [1.82, 2.24) is 4.90 Å². The van der Waals surface area contributed by atoms with Gasteiger partial charge in [0.05, 0.1) is 0 Å². The van der Waals surface area contributed by atoms with Gasteiger partial charge >= 0.3 is 0 Å². The van der Waals surface area contributed by atoms with Gasteiger partial charge in [0.25, 0.3) is 5.91 Å². The highest BCUT2D eigenvalue weighted by molar-refractivity contribution is 6.44. The summed E-state index contributed by atoms with van der Waals surface area (Å²) in [7, 11) is 2.18. The highest BCUT2D eigenvalue weighted by Gasteiger charge is 2.32. The van der Waals surface area contributed by atoms with Gasteiger partial charge in [-0.15, -0.1) is 23.2 Å². The molecule has 0 aliphatic carbocycles. The van der Waals surface area contributed by atoms with Gasteiger partial charge in [-0.05, 0) is 62.3 Å². The van der Waals surface area contributed by atoms with Crippen molar-refractivity contribution in [2.24, 2.45) is 0 Å². The predicted octanol–water partition coefficient (Wildman–Crippen LogP) is 6.03. The molecule has 0 radical (unpaired) electrons. The van der Waals surface area contributed by atoms with Crippen LogP contribution in [0.3, 0.4) is 0 Å². The fourth-order valence-electron chi connectivity index (χ4n) is 3.81. The summed E-state index contributed by atoms with van der Waals surface area (Å²) in [5, 5.41) is 0. The second kappa shape index (κ2) is 9.78. The van der Waals surface area contributed by atoms with Gasteiger partial charge in [0, 0.05) is 23.7 Å². The molecule has 0 saturated heterocycles. The lowest BCUT2D eigenvalue weighted by Crippen LogP contribution is -2.30.